The summed E-state index contributed by atoms with van der Waals surface area (Å²) in [6.45, 7) is 0.193. The Morgan fingerprint density at radius 3 is 2.42 bits per heavy atom. The summed E-state index contributed by atoms with van der Waals surface area (Å²) in [6, 6.07) is 22.7. The van der Waals surface area contributed by atoms with Crippen molar-refractivity contribution in [3.63, 3.8) is 0 Å². The fourth-order valence-corrected chi connectivity index (χ4v) is 6.50. The minimum Gasteiger partial charge on any atom is -0.354 e. The molecule has 40 heavy (non-hydrogen) atoms. The fraction of sp³-hybridized carbons (Fsp3) is 0.267. The molecule has 2 aliphatic rings. The van der Waals surface area contributed by atoms with Gasteiger partial charge in [0, 0.05) is 22.9 Å². The topological polar surface area (TPSA) is 108 Å². The van der Waals surface area contributed by atoms with Crippen LogP contribution in [0, 0.1) is 0 Å². The average Bonchev–Trinajstić information content (AvgIpc) is 3.37. The van der Waals surface area contributed by atoms with Crippen LogP contribution in [0.5, 0.6) is 0 Å². The van der Waals surface area contributed by atoms with Gasteiger partial charge in [-0.2, -0.15) is 0 Å². The van der Waals surface area contributed by atoms with Crippen molar-refractivity contribution in [3.8, 4) is 0 Å². The SMILES string of the molecule is O=C(CN1C(=O)[C@@H](NC(=O)[C@@H]2CCC(=O)N2)[C@@H](c2ccccc2)Sc2cc(Cl)ccc21)NCCc1ccccc1. The molecule has 0 unspecified atom stereocenters. The van der Waals surface area contributed by atoms with Crippen molar-refractivity contribution in [1.82, 2.24) is 16.0 Å². The molecular weight excluding hydrogens is 548 g/mol. The van der Waals surface area contributed by atoms with Gasteiger partial charge in [-0.1, -0.05) is 72.3 Å². The molecule has 0 aliphatic carbocycles. The fourth-order valence-electron chi connectivity index (χ4n) is 4.89. The first kappa shape index (κ1) is 27.7. The van der Waals surface area contributed by atoms with Crippen LogP contribution in [0.15, 0.2) is 83.8 Å². The molecule has 0 radical (unpaired) electrons. The van der Waals surface area contributed by atoms with Crippen molar-refractivity contribution >= 4 is 52.7 Å². The second-order valence-electron chi connectivity index (χ2n) is 9.72. The number of nitrogens with zero attached hydrogens (tertiary/aromatic N) is 1. The largest absolute Gasteiger partial charge is 0.354 e. The summed E-state index contributed by atoms with van der Waals surface area (Å²) < 4.78 is 0. The lowest BCUT2D eigenvalue weighted by atomic mass is 10.0. The van der Waals surface area contributed by atoms with E-state index in [1.807, 2.05) is 60.7 Å². The van der Waals surface area contributed by atoms with E-state index in [-0.39, 0.29) is 24.8 Å². The van der Waals surface area contributed by atoms with Crippen LogP contribution in [0.4, 0.5) is 5.69 Å². The summed E-state index contributed by atoms with van der Waals surface area (Å²) in [5.41, 5.74) is 2.48. The van der Waals surface area contributed by atoms with Crippen molar-refractivity contribution in [3.05, 3.63) is 95.0 Å². The van der Waals surface area contributed by atoms with Crippen molar-refractivity contribution in [2.24, 2.45) is 0 Å². The number of benzene rings is 3. The number of nitrogens with one attached hydrogen (secondary N) is 3. The maximum absolute atomic E-state index is 14.2. The molecule has 0 aromatic heterocycles. The minimum atomic E-state index is -0.999. The third kappa shape index (κ3) is 6.48. The predicted octanol–water partition coefficient (Wildman–Crippen LogP) is 3.64. The standard InChI is InChI=1S/C30H29ClN4O4S/c31-21-11-13-23-24(17-21)40-28(20-9-5-2-6-10-20)27(34-29(38)22-12-14-25(36)33-22)30(39)35(23)18-26(37)32-16-15-19-7-3-1-4-8-19/h1-11,13,17,22,27-28H,12,14-16,18H2,(H,32,37)(H,33,36)(H,34,38)/t22-,27-,28+/m0/s1. The summed E-state index contributed by atoms with van der Waals surface area (Å²) in [6.07, 6.45) is 1.27. The van der Waals surface area contributed by atoms with Crippen LogP contribution in [0.3, 0.4) is 0 Å². The number of fused-ring (bicyclic) bond motifs is 1. The predicted molar refractivity (Wildman–Crippen MR) is 155 cm³/mol. The van der Waals surface area contributed by atoms with E-state index in [0.29, 0.717) is 30.1 Å². The summed E-state index contributed by atoms with van der Waals surface area (Å²) in [5, 5.41) is 8.48. The van der Waals surface area contributed by atoms with Crippen molar-refractivity contribution in [2.45, 2.75) is 41.5 Å². The minimum absolute atomic E-state index is 0.197. The van der Waals surface area contributed by atoms with Gasteiger partial charge in [0.15, 0.2) is 0 Å². The Bertz CT molecular complexity index is 1410. The molecule has 2 heterocycles. The van der Waals surface area contributed by atoms with Crippen LogP contribution in [0.2, 0.25) is 5.02 Å². The molecule has 3 atom stereocenters. The van der Waals surface area contributed by atoms with E-state index in [1.165, 1.54) is 16.7 Å². The zero-order valence-corrected chi connectivity index (χ0v) is 23.2. The number of hydrogen-bond acceptors (Lipinski definition) is 5. The first-order valence-electron chi connectivity index (χ1n) is 13.1. The Hall–Kier alpha value is -3.82. The third-order valence-corrected chi connectivity index (χ3v) is 8.53. The highest BCUT2D eigenvalue weighted by atomic mass is 35.5. The summed E-state index contributed by atoms with van der Waals surface area (Å²) in [4.78, 5) is 54.4. The molecule has 10 heteroatoms. The highest BCUT2D eigenvalue weighted by Crippen LogP contribution is 2.46. The van der Waals surface area contributed by atoms with E-state index in [2.05, 4.69) is 16.0 Å². The van der Waals surface area contributed by atoms with Gasteiger partial charge in [0.2, 0.25) is 17.7 Å². The number of amides is 4. The number of carbonyl (C=O) groups excluding carboxylic acids is 4. The van der Waals surface area contributed by atoms with Gasteiger partial charge in [-0.15, -0.1) is 11.8 Å². The van der Waals surface area contributed by atoms with Crippen LogP contribution in [-0.2, 0) is 25.6 Å². The molecule has 4 amide bonds. The number of thioether (sulfide) groups is 1. The lowest BCUT2D eigenvalue weighted by molar-refractivity contribution is -0.130. The first-order chi connectivity index (χ1) is 19.4. The molecule has 3 N–H and O–H groups in total. The van der Waals surface area contributed by atoms with Crippen LogP contribution < -0.4 is 20.9 Å². The van der Waals surface area contributed by atoms with Crippen LogP contribution >= 0.6 is 23.4 Å². The Balaban J connectivity index is 1.43. The maximum atomic E-state index is 14.2. The number of anilines is 1. The number of halogens is 1. The Labute approximate surface area is 241 Å². The molecular formula is C30H29ClN4O4S. The van der Waals surface area contributed by atoms with E-state index in [4.69, 9.17) is 11.6 Å². The van der Waals surface area contributed by atoms with Gasteiger partial charge in [0.25, 0.3) is 5.91 Å². The van der Waals surface area contributed by atoms with Gasteiger partial charge >= 0.3 is 0 Å². The van der Waals surface area contributed by atoms with E-state index >= 15 is 0 Å². The normalized spacial score (nSPS) is 20.3. The monoisotopic (exact) mass is 576 g/mol. The van der Waals surface area contributed by atoms with E-state index in [9.17, 15) is 19.2 Å². The molecule has 8 nitrogen and oxygen atoms in total. The second-order valence-corrected chi connectivity index (χ2v) is 11.3. The van der Waals surface area contributed by atoms with Gasteiger partial charge in [0.1, 0.15) is 18.6 Å². The van der Waals surface area contributed by atoms with Crippen LogP contribution in [0.25, 0.3) is 0 Å². The zero-order chi connectivity index (χ0) is 28.1. The Kier molecular flexibility index (Phi) is 8.72. The Morgan fingerprint density at radius 2 is 1.73 bits per heavy atom. The van der Waals surface area contributed by atoms with Gasteiger partial charge in [-0.25, -0.2) is 0 Å². The number of rotatable bonds is 8. The molecule has 206 valence electrons. The molecule has 3 aromatic carbocycles. The molecule has 0 bridgehead atoms. The van der Waals surface area contributed by atoms with Gasteiger partial charge in [0.05, 0.1) is 10.9 Å². The smallest absolute Gasteiger partial charge is 0.251 e. The number of hydrogen-bond donors (Lipinski definition) is 3. The van der Waals surface area contributed by atoms with E-state index in [0.717, 1.165) is 16.0 Å². The average molecular weight is 577 g/mol. The van der Waals surface area contributed by atoms with Crippen molar-refractivity contribution < 1.29 is 19.2 Å². The van der Waals surface area contributed by atoms with Crippen molar-refractivity contribution in [2.75, 3.05) is 18.0 Å². The third-order valence-electron chi connectivity index (χ3n) is 6.92. The molecule has 2 aliphatic heterocycles. The second kappa shape index (κ2) is 12.6. The highest BCUT2D eigenvalue weighted by molar-refractivity contribution is 7.99. The summed E-state index contributed by atoms with van der Waals surface area (Å²) in [7, 11) is 0. The highest BCUT2D eigenvalue weighted by Gasteiger charge is 2.41. The molecule has 3 aromatic rings. The van der Waals surface area contributed by atoms with E-state index < -0.39 is 29.1 Å². The summed E-state index contributed by atoms with van der Waals surface area (Å²) >= 11 is 7.76. The lowest BCUT2D eigenvalue weighted by Crippen LogP contribution is -2.55. The van der Waals surface area contributed by atoms with Gasteiger partial charge in [-0.3, -0.25) is 19.2 Å². The van der Waals surface area contributed by atoms with E-state index in [1.54, 1.807) is 18.2 Å². The van der Waals surface area contributed by atoms with Crippen LogP contribution in [0.1, 0.15) is 29.2 Å². The molecule has 5 rings (SSSR count). The zero-order valence-electron chi connectivity index (χ0n) is 21.6. The van der Waals surface area contributed by atoms with Crippen LogP contribution in [-0.4, -0.2) is 48.8 Å². The molecule has 0 saturated carbocycles. The molecule has 0 spiro atoms. The first-order valence-corrected chi connectivity index (χ1v) is 14.4. The molecule has 1 fully saturated rings. The number of carbonyl (C=O) groups is 4. The van der Waals surface area contributed by atoms with Gasteiger partial charge < -0.3 is 20.9 Å². The van der Waals surface area contributed by atoms with Gasteiger partial charge in [-0.05, 0) is 42.2 Å². The summed E-state index contributed by atoms with van der Waals surface area (Å²) in [5.74, 6) is -1.36. The lowest BCUT2D eigenvalue weighted by Gasteiger charge is -2.29. The maximum Gasteiger partial charge on any atom is 0.251 e. The molecule has 1 saturated heterocycles. The Morgan fingerprint density at radius 1 is 1.00 bits per heavy atom. The quantitative estimate of drug-likeness (QED) is 0.379. The van der Waals surface area contributed by atoms with Crippen molar-refractivity contribution in [1.29, 1.82) is 0 Å².